The summed E-state index contributed by atoms with van der Waals surface area (Å²) in [5.74, 6) is -0.764. The second kappa shape index (κ2) is 3.84. The van der Waals surface area contributed by atoms with Gasteiger partial charge in [0.15, 0.2) is 0 Å². The predicted octanol–water partition coefficient (Wildman–Crippen LogP) is 1.92. The number of fused-ring (bicyclic) bond motifs is 2. The van der Waals surface area contributed by atoms with E-state index in [4.69, 9.17) is 9.84 Å². The van der Waals surface area contributed by atoms with Gasteiger partial charge >= 0.3 is 5.97 Å². The molecule has 17 heavy (non-hydrogen) atoms. The first-order chi connectivity index (χ1) is 8.20. The van der Waals surface area contributed by atoms with Crippen LogP contribution in [0.3, 0.4) is 0 Å². The summed E-state index contributed by atoms with van der Waals surface area (Å²) in [5, 5.41) is 8.85. The Balaban J connectivity index is 1.98. The second-order valence-electron chi connectivity index (χ2n) is 5.14. The van der Waals surface area contributed by atoms with Gasteiger partial charge in [-0.15, -0.1) is 0 Å². The van der Waals surface area contributed by atoms with Gasteiger partial charge in [-0.3, -0.25) is 4.79 Å². The van der Waals surface area contributed by atoms with Crippen molar-refractivity contribution in [3.05, 3.63) is 34.9 Å². The molecule has 1 saturated heterocycles. The van der Waals surface area contributed by atoms with Gasteiger partial charge in [0, 0.05) is 12.0 Å². The van der Waals surface area contributed by atoms with Gasteiger partial charge in [-0.2, -0.15) is 0 Å². The zero-order valence-corrected chi connectivity index (χ0v) is 9.74. The summed E-state index contributed by atoms with van der Waals surface area (Å²) in [6, 6.07) is 6.13. The minimum absolute atomic E-state index is 0.115. The Hall–Kier alpha value is -1.35. The highest BCUT2D eigenvalue weighted by Gasteiger charge is 2.41. The number of aliphatic carboxylic acids is 1. The van der Waals surface area contributed by atoms with Crippen LogP contribution in [0.25, 0.3) is 0 Å². The van der Waals surface area contributed by atoms with Gasteiger partial charge < -0.3 is 9.84 Å². The monoisotopic (exact) mass is 232 g/mol. The molecule has 1 unspecified atom stereocenters. The third-order valence-electron chi connectivity index (χ3n) is 4.08. The molecule has 0 bridgehead atoms. The lowest BCUT2D eigenvalue weighted by atomic mass is 9.81. The maximum Gasteiger partial charge on any atom is 0.307 e. The van der Waals surface area contributed by atoms with Crippen molar-refractivity contribution in [1.82, 2.24) is 0 Å². The summed E-state index contributed by atoms with van der Waals surface area (Å²) in [7, 11) is 0. The molecular formula is C14H16O3. The highest BCUT2D eigenvalue weighted by atomic mass is 16.5. The summed E-state index contributed by atoms with van der Waals surface area (Å²) in [6.45, 7) is 1.64. The average Bonchev–Trinajstić information content (AvgIpc) is 2.89. The van der Waals surface area contributed by atoms with Gasteiger partial charge in [0.05, 0.1) is 13.0 Å². The molecule has 1 N–H and O–H groups in total. The van der Waals surface area contributed by atoms with E-state index in [0.717, 1.165) is 38.0 Å². The highest BCUT2D eigenvalue weighted by Crippen LogP contribution is 2.44. The van der Waals surface area contributed by atoms with E-state index >= 15 is 0 Å². The molecule has 1 aromatic carbocycles. The molecule has 0 saturated carbocycles. The predicted molar refractivity (Wildman–Crippen MR) is 63.2 cm³/mol. The first-order valence-electron chi connectivity index (χ1n) is 6.11. The van der Waals surface area contributed by atoms with Gasteiger partial charge in [0.25, 0.3) is 0 Å². The Kier molecular flexibility index (Phi) is 2.44. The number of ether oxygens (including phenoxy) is 1. The largest absolute Gasteiger partial charge is 0.481 e. The van der Waals surface area contributed by atoms with Crippen molar-refractivity contribution in [2.45, 2.75) is 31.1 Å². The van der Waals surface area contributed by atoms with Crippen LogP contribution >= 0.6 is 0 Å². The maximum atomic E-state index is 10.8. The third kappa shape index (κ3) is 1.75. The Bertz CT molecular complexity index is 459. The van der Waals surface area contributed by atoms with E-state index in [-0.39, 0.29) is 11.8 Å². The van der Waals surface area contributed by atoms with E-state index in [1.165, 1.54) is 11.1 Å². The summed E-state index contributed by atoms with van der Waals surface area (Å²) >= 11 is 0. The average molecular weight is 232 g/mol. The first-order valence-corrected chi connectivity index (χ1v) is 6.11. The lowest BCUT2D eigenvalue weighted by molar-refractivity contribution is -0.136. The molecular weight excluding hydrogens is 216 g/mol. The normalized spacial score (nSPS) is 26.4. The van der Waals surface area contributed by atoms with Crippen molar-refractivity contribution in [3.63, 3.8) is 0 Å². The third-order valence-corrected chi connectivity index (χ3v) is 4.08. The number of carbonyl (C=O) groups is 1. The van der Waals surface area contributed by atoms with E-state index in [2.05, 4.69) is 12.1 Å². The summed E-state index contributed by atoms with van der Waals surface area (Å²) < 4.78 is 5.54. The van der Waals surface area contributed by atoms with E-state index in [0.29, 0.717) is 0 Å². The van der Waals surface area contributed by atoms with Crippen LogP contribution in [0.4, 0.5) is 0 Å². The van der Waals surface area contributed by atoms with E-state index < -0.39 is 5.97 Å². The fourth-order valence-electron chi connectivity index (χ4n) is 3.15. The van der Waals surface area contributed by atoms with Crippen molar-refractivity contribution in [2.75, 3.05) is 13.2 Å². The first kappa shape index (κ1) is 10.8. The van der Waals surface area contributed by atoms with Crippen molar-refractivity contribution in [2.24, 2.45) is 0 Å². The van der Waals surface area contributed by atoms with E-state index in [1.54, 1.807) is 0 Å². The number of rotatable bonds is 2. The Morgan fingerprint density at radius 3 is 3.00 bits per heavy atom. The quantitative estimate of drug-likeness (QED) is 0.847. The molecule has 3 heteroatoms. The second-order valence-corrected chi connectivity index (χ2v) is 5.14. The molecule has 1 heterocycles. The van der Waals surface area contributed by atoms with Crippen molar-refractivity contribution < 1.29 is 14.6 Å². The molecule has 0 radical (unpaired) electrons. The molecule has 0 aromatic heterocycles. The number of aryl methyl sites for hydroxylation is 1. The lowest BCUT2D eigenvalue weighted by Crippen LogP contribution is -2.23. The van der Waals surface area contributed by atoms with Gasteiger partial charge in [-0.1, -0.05) is 18.2 Å². The van der Waals surface area contributed by atoms with Crippen LogP contribution in [-0.4, -0.2) is 24.3 Å². The van der Waals surface area contributed by atoms with Crippen LogP contribution in [0.5, 0.6) is 0 Å². The fraction of sp³-hybridized carbons (Fsp3) is 0.500. The smallest absolute Gasteiger partial charge is 0.307 e. The molecule has 0 amide bonds. The van der Waals surface area contributed by atoms with Crippen LogP contribution in [0.15, 0.2) is 18.2 Å². The fourth-order valence-corrected chi connectivity index (χ4v) is 3.15. The molecule has 1 aliphatic heterocycles. The van der Waals surface area contributed by atoms with Crippen LogP contribution < -0.4 is 0 Å². The molecule has 1 atom stereocenters. The molecule has 3 nitrogen and oxygen atoms in total. The van der Waals surface area contributed by atoms with Gasteiger partial charge in [0.2, 0.25) is 0 Å². The van der Waals surface area contributed by atoms with Gasteiger partial charge in [-0.05, 0) is 36.0 Å². The molecule has 90 valence electrons. The highest BCUT2D eigenvalue weighted by molar-refractivity contribution is 5.70. The van der Waals surface area contributed by atoms with Crippen molar-refractivity contribution >= 4 is 5.97 Å². The Labute approximate surface area is 100 Å². The molecule has 2 aliphatic rings. The zero-order valence-electron chi connectivity index (χ0n) is 9.74. The number of carboxylic acids is 1. The van der Waals surface area contributed by atoms with Crippen molar-refractivity contribution in [1.29, 1.82) is 0 Å². The van der Waals surface area contributed by atoms with Crippen molar-refractivity contribution in [3.8, 4) is 0 Å². The van der Waals surface area contributed by atoms with Gasteiger partial charge in [-0.25, -0.2) is 0 Å². The number of hydrogen-bond donors (Lipinski definition) is 1. The summed E-state index contributed by atoms with van der Waals surface area (Å²) in [6.07, 6.45) is 3.45. The number of hydrogen-bond acceptors (Lipinski definition) is 2. The van der Waals surface area contributed by atoms with Crippen LogP contribution in [-0.2, 0) is 27.8 Å². The molecule has 3 rings (SSSR count). The number of benzene rings is 1. The van der Waals surface area contributed by atoms with E-state index in [9.17, 15) is 4.79 Å². The Morgan fingerprint density at radius 2 is 2.29 bits per heavy atom. The Morgan fingerprint density at radius 1 is 1.41 bits per heavy atom. The summed E-state index contributed by atoms with van der Waals surface area (Å²) in [5.41, 5.74) is 3.81. The van der Waals surface area contributed by atoms with E-state index in [1.807, 2.05) is 6.07 Å². The minimum Gasteiger partial charge on any atom is -0.481 e. The SMILES string of the molecule is O=C(O)Cc1ccc2c(c1)C1(CCOC1)CC2. The topological polar surface area (TPSA) is 46.5 Å². The molecule has 1 spiro atoms. The summed E-state index contributed by atoms with van der Waals surface area (Å²) in [4.78, 5) is 10.8. The minimum atomic E-state index is -0.764. The van der Waals surface area contributed by atoms with Crippen LogP contribution in [0, 0.1) is 0 Å². The molecule has 1 aliphatic carbocycles. The molecule has 1 fully saturated rings. The zero-order chi connectivity index (χ0) is 11.9. The standard InChI is InChI=1S/C14H16O3/c15-13(16)8-10-1-2-11-3-4-14(12(11)7-10)5-6-17-9-14/h1-2,7H,3-6,8-9H2,(H,15,16). The van der Waals surface area contributed by atoms with Crippen LogP contribution in [0.2, 0.25) is 0 Å². The lowest BCUT2D eigenvalue weighted by Gasteiger charge is -2.22. The number of carboxylic acid groups (broad SMARTS) is 1. The molecule has 1 aromatic rings. The van der Waals surface area contributed by atoms with Gasteiger partial charge in [0.1, 0.15) is 0 Å². The van der Waals surface area contributed by atoms with Crippen LogP contribution in [0.1, 0.15) is 29.5 Å². The maximum absolute atomic E-state index is 10.8.